The molecule has 0 bridgehead atoms. The van der Waals surface area contributed by atoms with E-state index < -0.39 is 0 Å². The fourth-order valence-corrected chi connectivity index (χ4v) is 2.11. The van der Waals surface area contributed by atoms with Gasteiger partial charge in [-0.05, 0) is 12.5 Å². The van der Waals surface area contributed by atoms with Crippen LogP contribution in [0.15, 0.2) is 18.2 Å². The summed E-state index contributed by atoms with van der Waals surface area (Å²) in [7, 11) is 0. The minimum Gasteiger partial charge on any atom is -0.490 e. The number of rotatable bonds is 8. The highest BCUT2D eigenvalue weighted by Crippen LogP contribution is 2.32. The van der Waals surface area contributed by atoms with Crippen molar-refractivity contribution >= 4 is 0 Å². The molecule has 2 rings (SSSR count). The number of fused-ring (bicyclic) bond motifs is 1. The summed E-state index contributed by atoms with van der Waals surface area (Å²) in [5.74, 6) is 1.75. The molecule has 0 radical (unpaired) electrons. The second-order valence-corrected chi connectivity index (χ2v) is 4.94. The van der Waals surface area contributed by atoms with Gasteiger partial charge in [-0.3, -0.25) is 0 Å². The Morgan fingerprint density at radius 1 is 1.20 bits per heavy atom. The molecule has 0 aromatic heterocycles. The Morgan fingerprint density at radius 2 is 2.10 bits per heavy atom. The van der Waals surface area contributed by atoms with Crippen molar-refractivity contribution < 1.29 is 14.2 Å². The van der Waals surface area contributed by atoms with Gasteiger partial charge in [-0.1, -0.05) is 25.5 Å². The van der Waals surface area contributed by atoms with Gasteiger partial charge >= 0.3 is 0 Å². The zero-order valence-electron chi connectivity index (χ0n) is 12.3. The van der Waals surface area contributed by atoms with Crippen molar-refractivity contribution in [1.82, 2.24) is 5.32 Å². The highest BCUT2D eigenvalue weighted by molar-refractivity contribution is 5.46. The largest absolute Gasteiger partial charge is 0.490 e. The van der Waals surface area contributed by atoms with Crippen LogP contribution in [0.4, 0.5) is 0 Å². The molecular formula is C16H25NO3. The average Bonchev–Trinajstić information content (AvgIpc) is 2.72. The number of ether oxygens (including phenoxy) is 3. The monoisotopic (exact) mass is 279 g/mol. The van der Waals surface area contributed by atoms with E-state index in [4.69, 9.17) is 14.2 Å². The first-order chi connectivity index (χ1) is 9.92. The molecule has 0 unspecified atom stereocenters. The van der Waals surface area contributed by atoms with Crippen molar-refractivity contribution in [1.29, 1.82) is 0 Å². The van der Waals surface area contributed by atoms with Crippen LogP contribution in [-0.2, 0) is 11.3 Å². The normalized spacial score (nSPS) is 14.1. The molecule has 0 aliphatic carbocycles. The van der Waals surface area contributed by atoms with E-state index in [0.717, 1.165) is 69.4 Å². The maximum absolute atomic E-state index is 5.79. The lowest BCUT2D eigenvalue weighted by Gasteiger charge is -2.13. The van der Waals surface area contributed by atoms with Crippen LogP contribution in [0.25, 0.3) is 0 Å². The van der Waals surface area contributed by atoms with E-state index in [1.165, 1.54) is 6.42 Å². The number of nitrogens with one attached hydrogen (secondary N) is 1. The molecule has 1 heterocycles. The third-order valence-corrected chi connectivity index (χ3v) is 3.23. The molecule has 1 aliphatic heterocycles. The third-order valence-electron chi connectivity index (χ3n) is 3.23. The summed E-state index contributed by atoms with van der Waals surface area (Å²) in [6, 6.07) is 6.07. The van der Waals surface area contributed by atoms with Gasteiger partial charge in [-0.15, -0.1) is 0 Å². The quantitative estimate of drug-likeness (QED) is 0.743. The fourth-order valence-electron chi connectivity index (χ4n) is 2.11. The van der Waals surface area contributed by atoms with Crippen molar-refractivity contribution in [2.24, 2.45) is 0 Å². The van der Waals surface area contributed by atoms with E-state index in [0.29, 0.717) is 0 Å². The van der Waals surface area contributed by atoms with Crippen LogP contribution < -0.4 is 14.8 Å². The summed E-state index contributed by atoms with van der Waals surface area (Å²) in [6.45, 7) is 6.88. The van der Waals surface area contributed by atoms with Crippen molar-refractivity contribution in [2.45, 2.75) is 32.7 Å². The van der Waals surface area contributed by atoms with Gasteiger partial charge in [-0.2, -0.15) is 0 Å². The molecule has 0 atom stereocenters. The summed E-state index contributed by atoms with van der Waals surface area (Å²) < 4.78 is 17.0. The molecule has 0 saturated carbocycles. The van der Waals surface area contributed by atoms with Crippen LogP contribution in [0, 0.1) is 0 Å². The summed E-state index contributed by atoms with van der Waals surface area (Å²) >= 11 is 0. The van der Waals surface area contributed by atoms with Gasteiger partial charge in [0.05, 0.1) is 19.8 Å². The summed E-state index contributed by atoms with van der Waals surface area (Å²) in [6.07, 6.45) is 3.26. The lowest BCUT2D eigenvalue weighted by molar-refractivity contribution is 0.133. The molecule has 4 nitrogen and oxygen atoms in total. The first-order valence-electron chi connectivity index (χ1n) is 7.57. The molecule has 1 N–H and O–H groups in total. The number of para-hydroxylation sites is 1. The Morgan fingerprint density at radius 3 is 3.00 bits per heavy atom. The summed E-state index contributed by atoms with van der Waals surface area (Å²) in [5, 5.41) is 3.39. The number of unbranched alkanes of at least 4 members (excludes halogenated alkanes) is 1. The molecule has 0 amide bonds. The Bertz CT molecular complexity index is 395. The maximum atomic E-state index is 5.79. The second-order valence-electron chi connectivity index (χ2n) is 4.94. The molecule has 0 saturated heterocycles. The molecule has 112 valence electrons. The zero-order chi connectivity index (χ0) is 14.0. The van der Waals surface area contributed by atoms with Gasteiger partial charge in [0.25, 0.3) is 0 Å². The minimum absolute atomic E-state index is 0.726. The van der Waals surface area contributed by atoms with Crippen LogP contribution in [0.5, 0.6) is 11.5 Å². The van der Waals surface area contributed by atoms with E-state index in [-0.39, 0.29) is 0 Å². The minimum atomic E-state index is 0.726. The molecular weight excluding hydrogens is 254 g/mol. The zero-order valence-corrected chi connectivity index (χ0v) is 12.3. The summed E-state index contributed by atoms with van der Waals surface area (Å²) in [4.78, 5) is 0. The Kier molecular flexibility index (Phi) is 6.68. The topological polar surface area (TPSA) is 39.7 Å². The molecule has 1 aromatic rings. The molecule has 1 aliphatic rings. The first kappa shape index (κ1) is 15.1. The maximum Gasteiger partial charge on any atom is 0.165 e. The second kappa shape index (κ2) is 8.82. The van der Waals surface area contributed by atoms with Crippen molar-refractivity contribution in [3.05, 3.63) is 23.8 Å². The molecule has 1 aromatic carbocycles. The Hall–Kier alpha value is -1.26. The molecule has 0 spiro atoms. The number of hydrogen-bond donors (Lipinski definition) is 1. The summed E-state index contributed by atoms with van der Waals surface area (Å²) in [5.41, 5.74) is 1.15. The Labute approximate surface area is 121 Å². The smallest absolute Gasteiger partial charge is 0.165 e. The van der Waals surface area contributed by atoms with Gasteiger partial charge in [0, 0.05) is 31.7 Å². The predicted octanol–water partition coefficient (Wildman–Crippen LogP) is 2.75. The van der Waals surface area contributed by atoms with Crippen molar-refractivity contribution in [2.75, 3.05) is 33.0 Å². The van der Waals surface area contributed by atoms with Gasteiger partial charge in [0.2, 0.25) is 0 Å². The van der Waals surface area contributed by atoms with Crippen molar-refractivity contribution in [3.63, 3.8) is 0 Å². The van der Waals surface area contributed by atoms with Crippen LogP contribution >= 0.6 is 0 Å². The van der Waals surface area contributed by atoms with Gasteiger partial charge < -0.3 is 19.5 Å². The van der Waals surface area contributed by atoms with E-state index in [1.54, 1.807) is 0 Å². The molecule has 4 heteroatoms. The average molecular weight is 279 g/mol. The number of benzene rings is 1. The van der Waals surface area contributed by atoms with E-state index in [1.807, 2.05) is 12.1 Å². The van der Waals surface area contributed by atoms with E-state index in [9.17, 15) is 0 Å². The Balaban J connectivity index is 1.75. The van der Waals surface area contributed by atoms with Gasteiger partial charge in [-0.25, -0.2) is 0 Å². The molecule has 20 heavy (non-hydrogen) atoms. The van der Waals surface area contributed by atoms with E-state index >= 15 is 0 Å². The number of hydrogen-bond acceptors (Lipinski definition) is 4. The van der Waals surface area contributed by atoms with Crippen LogP contribution in [0.2, 0.25) is 0 Å². The fraction of sp³-hybridized carbons (Fsp3) is 0.625. The SMILES string of the molecule is CCCCOCCNCc1cccc2c1OCCCO2. The van der Waals surface area contributed by atoms with Gasteiger partial charge in [0.1, 0.15) is 0 Å². The third kappa shape index (κ3) is 4.69. The first-order valence-corrected chi connectivity index (χ1v) is 7.57. The van der Waals surface area contributed by atoms with Crippen LogP contribution in [0.1, 0.15) is 31.7 Å². The lowest BCUT2D eigenvalue weighted by atomic mass is 10.2. The standard InChI is InChI=1S/C16H25NO3/c1-2-3-9-18-12-8-17-13-14-6-4-7-15-16(14)20-11-5-10-19-15/h4,6-7,17H,2-3,5,8-13H2,1H3. The highest BCUT2D eigenvalue weighted by atomic mass is 16.5. The van der Waals surface area contributed by atoms with Gasteiger partial charge in [0.15, 0.2) is 11.5 Å². The van der Waals surface area contributed by atoms with Crippen molar-refractivity contribution in [3.8, 4) is 11.5 Å². The lowest BCUT2D eigenvalue weighted by Crippen LogP contribution is -2.20. The molecule has 0 fully saturated rings. The van der Waals surface area contributed by atoms with Crippen LogP contribution in [0.3, 0.4) is 0 Å². The highest BCUT2D eigenvalue weighted by Gasteiger charge is 2.13. The van der Waals surface area contributed by atoms with Crippen LogP contribution in [-0.4, -0.2) is 33.0 Å². The van der Waals surface area contributed by atoms with E-state index in [2.05, 4.69) is 18.3 Å². The predicted molar refractivity (Wildman–Crippen MR) is 79.5 cm³/mol.